The highest BCUT2D eigenvalue weighted by Crippen LogP contribution is 2.62. The topological polar surface area (TPSA) is 75.7 Å². The van der Waals surface area contributed by atoms with Gasteiger partial charge in [0.25, 0.3) is 0 Å². The molecule has 0 unspecified atom stereocenters. The molecule has 0 aliphatic carbocycles. The molecule has 6 nitrogen and oxygen atoms in total. The number of nitrogens with one attached hydrogen (secondary N) is 1. The van der Waals surface area contributed by atoms with Crippen molar-refractivity contribution in [1.82, 2.24) is 4.90 Å². The van der Waals surface area contributed by atoms with Crippen LogP contribution < -0.4 is 10.1 Å². The van der Waals surface area contributed by atoms with Gasteiger partial charge in [0.1, 0.15) is 17.2 Å². The lowest BCUT2D eigenvalue weighted by atomic mass is 9.62. The molecule has 3 aliphatic rings. The van der Waals surface area contributed by atoms with Gasteiger partial charge in [0.2, 0.25) is 5.91 Å². The fourth-order valence-electron chi connectivity index (χ4n) is 7.00. The number of nitrogens with zero attached hydrogens (tertiary/aromatic N) is 1. The van der Waals surface area contributed by atoms with E-state index in [1.54, 1.807) is 48.5 Å². The molecule has 4 aromatic carbocycles. The molecule has 3 heterocycles. The highest BCUT2D eigenvalue weighted by Gasteiger charge is 2.71. The summed E-state index contributed by atoms with van der Waals surface area (Å²) in [5, 5.41) is 3.32. The second kappa shape index (κ2) is 9.46. The molecule has 1 spiro atoms. The summed E-state index contributed by atoms with van der Waals surface area (Å²) < 4.78 is 5.57. The Morgan fingerprint density at radius 1 is 0.854 bits per heavy atom. The van der Waals surface area contributed by atoms with Crippen LogP contribution in [0.1, 0.15) is 43.4 Å². The van der Waals surface area contributed by atoms with Crippen molar-refractivity contribution >= 4 is 40.8 Å². The zero-order chi connectivity index (χ0) is 28.3. The van der Waals surface area contributed by atoms with E-state index in [0.717, 1.165) is 11.1 Å². The average Bonchev–Trinajstić information content (AvgIpc) is 3.49. The highest BCUT2D eigenvalue weighted by atomic mass is 35.5. The Balaban J connectivity index is 1.56. The third-order valence-electron chi connectivity index (χ3n) is 8.63. The Labute approximate surface area is 242 Å². The standard InChI is InChI=1S/C34H25ClN2O4/c1-41-27-17-9-5-13-23(27)31(39)29-28(30(38)22-12-4-7-15-25(22)35)34(24-14-6-8-16-26(24)36-33(34)40)32-21-11-3-2-10-20(21)18-19-37(29)32/h2-19,28-29,32H,1H3,(H,36,40)/t28-,29-,32+,34-/m0/s1. The number of hydrogen-bond donors (Lipinski definition) is 1. The molecular weight excluding hydrogens is 536 g/mol. The van der Waals surface area contributed by atoms with Gasteiger partial charge in [0, 0.05) is 17.5 Å². The molecule has 1 N–H and O–H groups in total. The zero-order valence-corrected chi connectivity index (χ0v) is 22.8. The third-order valence-corrected chi connectivity index (χ3v) is 8.96. The van der Waals surface area contributed by atoms with Crippen LogP contribution in [0.15, 0.2) is 103 Å². The number of halogens is 1. The molecule has 0 bridgehead atoms. The Kier molecular flexibility index (Phi) is 5.84. The van der Waals surface area contributed by atoms with Gasteiger partial charge in [-0.15, -0.1) is 0 Å². The van der Waals surface area contributed by atoms with Crippen LogP contribution >= 0.6 is 11.6 Å². The number of hydrogen-bond acceptors (Lipinski definition) is 5. The van der Waals surface area contributed by atoms with Gasteiger partial charge in [-0.1, -0.05) is 78.3 Å². The van der Waals surface area contributed by atoms with Crippen molar-refractivity contribution in [2.24, 2.45) is 5.92 Å². The van der Waals surface area contributed by atoms with Gasteiger partial charge in [-0.05, 0) is 53.1 Å². The lowest BCUT2D eigenvalue weighted by Gasteiger charge is -2.38. The van der Waals surface area contributed by atoms with Crippen LogP contribution in [0, 0.1) is 5.92 Å². The zero-order valence-electron chi connectivity index (χ0n) is 22.1. The molecule has 7 heteroatoms. The Bertz CT molecular complexity index is 1780. The van der Waals surface area contributed by atoms with E-state index in [0.29, 0.717) is 22.6 Å². The number of carbonyl (C=O) groups excluding carboxylic acids is 3. The molecular formula is C34H25ClN2O4. The first kappa shape index (κ1) is 25.3. The van der Waals surface area contributed by atoms with Gasteiger partial charge in [-0.2, -0.15) is 0 Å². The Morgan fingerprint density at radius 2 is 1.54 bits per heavy atom. The van der Waals surface area contributed by atoms with E-state index in [9.17, 15) is 14.4 Å². The van der Waals surface area contributed by atoms with Gasteiger partial charge >= 0.3 is 0 Å². The number of Topliss-reactive ketones (excluding diaryl/α,β-unsaturated/α-hetero) is 2. The quantitative estimate of drug-likeness (QED) is 0.289. The van der Waals surface area contributed by atoms with Gasteiger partial charge in [-0.25, -0.2) is 0 Å². The van der Waals surface area contributed by atoms with Crippen molar-refractivity contribution in [1.29, 1.82) is 0 Å². The van der Waals surface area contributed by atoms with Gasteiger partial charge in [-0.3, -0.25) is 14.4 Å². The van der Waals surface area contributed by atoms with Crippen molar-refractivity contribution in [3.05, 3.63) is 136 Å². The minimum absolute atomic E-state index is 0.267. The predicted octanol–water partition coefficient (Wildman–Crippen LogP) is 6.33. The maximum Gasteiger partial charge on any atom is 0.238 e. The molecule has 41 heavy (non-hydrogen) atoms. The second-order valence-corrected chi connectivity index (χ2v) is 10.9. The van der Waals surface area contributed by atoms with E-state index in [-0.39, 0.29) is 28.1 Å². The van der Waals surface area contributed by atoms with Gasteiger partial charge in [0.05, 0.1) is 29.7 Å². The number of rotatable bonds is 5. The summed E-state index contributed by atoms with van der Waals surface area (Å²) in [5.41, 5.74) is 2.31. The summed E-state index contributed by atoms with van der Waals surface area (Å²) in [7, 11) is 1.51. The summed E-state index contributed by atoms with van der Waals surface area (Å²) in [6.07, 6.45) is 3.78. The number of para-hydroxylation sites is 2. The number of benzene rings is 4. The molecule has 202 valence electrons. The molecule has 7 rings (SSSR count). The first-order valence-electron chi connectivity index (χ1n) is 13.4. The maximum atomic E-state index is 14.8. The molecule has 3 aliphatic heterocycles. The highest BCUT2D eigenvalue weighted by molar-refractivity contribution is 6.34. The van der Waals surface area contributed by atoms with E-state index in [1.165, 1.54) is 7.11 Å². The molecule has 0 radical (unpaired) electrons. The lowest BCUT2D eigenvalue weighted by Crippen LogP contribution is -2.49. The Morgan fingerprint density at radius 3 is 2.34 bits per heavy atom. The summed E-state index contributed by atoms with van der Waals surface area (Å²) in [6, 6.07) is 27.4. The molecule has 1 saturated heterocycles. The number of anilines is 1. The molecule has 0 saturated carbocycles. The van der Waals surface area contributed by atoms with E-state index in [1.807, 2.05) is 65.7 Å². The van der Waals surface area contributed by atoms with Crippen LogP contribution in [-0.4, -0.2) is 35.5 Å². The fourth-order valence-corrected chi connectivity index (χ4v) is 7.23. The fraction of sp³-hybridized carbons (Fsp3) is 0.147. The van der Waals surface area contributed by atoms with E-state index in [4.69, 9.17) is 16.3 Å². The van der Waals surface area contributed by atoms with Gasteiger partial charge in [0.15, 0.2) is 11.6 Å². The van der Waals surface area contributed by atoms with E-state index < -0.39 is 23.4 Å². The van der Waals surface area contributed by atoms with E-state index in [2.05, 4.69) is 5.32 Å². The van der Waals surface area contributed by atoms with Crippen molar-refractivity contribution in [3.63, 3.8) is 0 Å². The number of ketones is 2. The minimum Gasteiger partial charge on any atom is -0.496 e. The molecule has 1 amide bonds. The number of carbonyl (C=O) groups is 3. The lowest BCUT2D eigenvalue weighted by molar-refractivity contribution is -0.122. The van der Waals surface area contributed by atoms with Crippen LogP contribution in [0.4, 0.5) is 5.69 Å². The van der Waals surface area contributed by atoms with Crippen LogP contribution in [0.3, 0.4) is 0 Å². The van der Waals surface area contributed by atoms with Crippen molar-refractivity contribution in [2.75, 3.05) is 12.4 Å². The monoisotopic (exact) mass is 560 g/mol. The van der Waals surface area contributed by atoms with Gasteiger partial charge < -0.3 is 15.0 Å². The van der Waals surface area contributed by atoms with Crippen LogP contribution in [-0.2, 0) is 10.2 Å². The summed E-state index contributed by atoms with van der Waals surface area (Å²) in [5.74, 6) is -1.70. The predicted molar refractivity (Wildman–Crippen MR) is 157 cm³/mol. The van der Waals surface area contributed by atoms with Crippen molar-refractivity contribution < 1.29 is 19.1 Å². The summed E-state index contributed by atoms with van der Waals surface area (Å²) >= 11 is 6.60. The number of methoxy groups -OCH3 is 1. The van der Waals surface area contributed by atoms with Crippen LogP contribution in [0.5, 0.6) is 5.75 Å². The minimum atomic E-state index is -1.42. The Hall–Kier alpha value is -4.68. The largest absolute Gasteiger partial charge is 0.496 e. The van der Waals surface area contributed by atoms with Crippen molar-refractivity contribution in [3.8, 4) is 5.75 Å². The first-order chi connectivity index (χ1) is 20.0. The molecule has 4 aromatic rings. The summed E-state index contributed by atoms with van der Waals surface area (Å²) in [4.78, 5) is 45.9. The summed E-state index contributed by atoms with van der Waals surface area (Å²) in [6.45, 7) is 0. The second-order valence-electron chi connectivity index (χ2n) is 10.5. The third kappa shape index (κ3) is 3.47. The van der Waals surface area contributed by atoms with Crippen LogP contribution in [0.2, 0.25) is 5.02 Å². The number of amides is 1. The molecule has 4 atom stereocenters. The molecule has 0 aromatic heterocycles. The molecule has 1 fully saturated rings. The smallest absolute Gasteiger partial charge is 0.238 e. The number of ether oxygens (including phenoxy) is 1. The average molecular weight is 561 g/mol. The normalized spacial score (nSPS) is 23.5. The first-order valence-corrected chi connectivity index (χ1v) is 13.8. The SMILES string of the molecule is COc1ccccc1C(=O)[C@@H]1[C@@H](C(=O)c2ccccc2Cl)[C@]2(C(=O)Nc3ccccc32)[C@H]2c3ccccc3C=CN12. The van der Waals surface area contributed by atoms with Crippen LogP contribution in [0.25, 0.3) is 6.08 Å². The maximum absolute atomic E-state index is 14.8. The van der Waals surface area contributed by atoms with E-state index >= 15 is 0 Å². The number of fused-ring (bicyclic) bond motifs is 6. The van der Waals surface area contributed by atoms with Crippen molar-refractivity contribution in [2.45, 2.75) is 17.5 Å².